The van der Waals surface area contributed by atoms with Crippen LogP contribution in [0.15, 0.2) is 24.3 Å². The van der Waals surface area contributed by atoms with Crippen LogP contribution in [0.2, 0.25) is 0 Å². The number of unbranched alkanes of at least 4 members (excludes halogenated alkanes) is 28. The Hall–Kier alpha value is -3.47. The quantitative estimate of drug-likeness (QED) is 0.0244. The van der Waals surface area contributed by atoms with Crippen LogP contribution in [-0.4, -0.2) is 393 Å². The molecule has 23 N–H and O–H groups in total. The molecule has 746 valence electrons. The molecular formula is C88H157N3O37. The molecule has 7 heterocycles. The molecule has 7 fully saturated rings. The molecule has 0 aliphatic carbocycles. The van der Waals surface area contributed by atoms with Crippen LogP contribution in [0.25, 0.3) is 0 Å². The summed E-state index contributed by atoms with van der Waals surface area (Å²) in [6, 6.07) is -4.85. The van der Waals surface area contributed by atoms with Gasteiger partial charge in [-0.2, -0.15) is 0 Å². The van der Waals surface area contributed by atoms with Crippen LogP contribution in [0.1, 0.15) is 240 Å². The third-order valence-corrected chi connectivity index (χ3v) is 25.0. The summed E-state index contributed by atoms with van der Waals surface area (Å²) in [5.41, 5.74) is 0. The fourth-order valence-corrected chi connectivity index (χ4v) is 17.3. The second kappa shape index (κ2) is 59.5. The lowest BCUT2D eigenvalue weighted by Crippen LogP contribution is -2.71. The summed E-state index contributed by atoms with van der Waals surface area (Å²) in [7, 11) is 0. The predicted molar refractivity (Wildman–Crippen MR) is 453 cm³/mol. The molecule has 0 aromatic heterocycles. The van der Waals surface area contributed by atoms with Crippen LogP contribution in [0.3, 0.4) is 0 Å². The van der Waals surface area contributed by atoms with E-state index < -0.39 is 285 Å². The summed E-state index contributed by atoms with van der Waals surface area (Å²) in [6.07, 6.45) is -22.2. The maximum absolute atomic E-state index is 13.6. The number of aliphatic hydroxyl groups is 20. The minimum Gasteiger partial charge on any atom is -0.394 e. The molecule has 0 aromatic rings. The molecule has 14 unspecified atom stereocenters. The highest BCUT2D eigenvalue weighted by atomic mass is 16.8. The molecule has 7 aliphatic rings. The molecule has 7 saturated heterocycles. The smallest absolute Gasteiger partial charge is 0.220 e. The SMILES string of the molecule is CCCCCCCC/C=C\CCCCCCCCCCCCCC(=O)N[C@@H](CO[C@@H]1OC(CO)[C@@H](O[C@@H]2OC(CO)[C@H](O[C@@H]3OC(CO)[C@H](O)[C@H](O[C@@H]4OC(CO)[C@H](O)[C@H](O[C@@H]5OC(CO)[C@@H](O[C@@H]6OC(CO)[C@H](O)[C@H](O)C6O)[C@H](O[C@H]6OC(C)[C@@H](O)C(O)[C@@H]6O)C5NC(C)=O)C4O)C3NC(C)=O)[C@H](O)C2O)[C@H](O)C1O)[C@H](O)/C=C/CCCCCCCCCCCCC. The van der Waals surface area contributed by atoms with E-state index in [2.05, 4.69) is 41.9 Å². The minimum atomic E-state index is -2.37. The van der Waals surface area contributed by atoms with E-state index in [1.807, 2.05) is 6.08 Å². The Morgan fingerprint density at radius 2 is 0.641 bits per heavy atom. The van der Waals surface area contributed by atoms with Crippen molar-refractivity contribution in [2.24, 2.45) is 0 Å². The van der Waals surface area contributed by atoms with Gasteiger partial charge in [-0.15, -0.1) is 0 Å². The van der Waals surface area contributed by atoms with Gasteiger partial charge in [0.15, 0.2) is 44.0 Å². The fourth-order valence-electron chi connectivity index (χ4n) is 17.3. The summed E-state index contributed by atoms with van der Waals surface area (Å²) in [5.74, 6) is -2.17. The molecular weight excluding hydrogens is 1690 g/mol. The molecule has 0 bridgehead atoms. The predicted octanol–water partition coefficient (Wildman–Crippen LogP) is -1.46. The van der Waals surface area contributed by atoms with Crippen molar-refractivity contribution in [2.45, 2.75) is 467 Å². The van der Waals surface area contributed by atoms with Gasteiger partial charge in [0.25, 0.3) is 0 Å². The van der Waals surface area contributed by atoms with Crippen LogP contribution >= 0.6 is 0 Å². The molecule has 0 radical (unpaired) electrons. The number of allylic oxidation sites excluding steroid dienone is 3. The highest BCUT2D eigenvalue weighted by Gasteiger charge is 2.60. The van der Waals surface area contributed by atoms with Gasteiger partial charge in [0.1, 0.15) is 165 Å². The van der Waals surface area contributed by atoms with Gasteiger partial charge < -0.3 is 184 Å². The second-order valence-electron chi connectivity index (χ2n) is 35.2. The monoisotopic (exact) mass is 1850 g/mol. The summed E-state index contributed by atoms with van der Waals surface area (Å²) in [5, 5.41) is 232. The number of ether oxygens (including phenoxy) is 14. The van der Waals surface area contributed by atoms with Crippen LogP contribution in [0.5, 0.6) is 0 Å². The molecule has 0 aromatic carbocycles. The molecule has 7 aliphatic heterocycles. The van der Waals surface area contributed by atoms with E-state index in [1.54, 1.807) is 6.08 Å². The lowest BCUT2D eigenvalue weighted by Gasteiger charge is -2.52. The molecule has 37 atom stereocenters. The first kappa shape index (κ1) is 112. The number of carbonyl (C=O) groups is 3. The number of carbonyl (C=O) groups excluding carboxylic acids is 3. The molecule has 0 saturated carbocycles. The lowest BCUT2D eigenvalue weighted by atomic mass is 9.93. The molecule has 3 amide bonds. The van der Waals surface area contributed by atoms with E-state index in [1.165, 1.54) is 129 Å². The standard InChI is InChI=1S/C88H157N3O37/c1-6-8-10-12-14-16-18-20-21-22-23-24-25-26-27-29-31-33-35-37-39-41-60(101)91-52(53(100)40-38-36-34-32-30-28-19-17-15-13-11-9-7-2)48-115-84-73(112)69(108)77(57(45-95)121-84)124-87-74(113)70(109)76(58(46-96)122-87)123-82-61(89-50(4)98)79(65(104)55(43-93)117-82)126-88-75(114)81(66(105)56(44-94)119-88)128-83-62(90-51(5)99)80(127-85-71(110)67(106)63(102)49(3)116-85)78(59(47-97)120-83)125-86-72(111)68(107)64(103)54(42-92)118-86/h20-21,38,40,49,52-59,61-88,92-97,100,102-114H,6-19,22-37,39,41-48H2,1-5H3,(H,89,98)(H,90,99)(H,91,101)/b21-20-,40-38+/t49?,52-,53+,54?,55?,56?,57?,58?,59?,61?,62?,63+,64-,65-,66-,67?,68-,69+,70+,71-,72?,73?,74?,75?,76-,77+,78+,79+,80+,81-,82-,83-,84+,85+,86-,87-,88-/m0/s1. The number of amides is 3. The zero-order chi connectivity index (χ0) is 93.5. The normalized spacial score (nSPS) is 37.7. The van der Waals surface area contributed by atoms with Crippen LogP contribution < -0.4 is 16.0 Å². The van der Waals surface area contributed by atoms with Crippen LogP contribution in [0.4, 0.5) is 0 Å². The van der Waals surface area contributed by atoms with Crippen molar-refractivity contribution in [3.05, 3.63) is 24.3 Å². The van der Waals surface area contributed by atoms with Gasteiger partial charge in [-0.25, -0.2) is 0 Å². The maximum Gasteiger partial charge on any atom is 0.220 e. The van der Waals surface area contributed by atoms with Crippen molar-refractivity contribution < 1.29 is 183 Å². The summed E-state index contributed by atoms with van der Waals surface area (Å²) >= 11 is 0. The van der Waals surface area contributed by atoms with Gasteiger partial charge >= 0.3 is 0 Å². The topological polar surface area (TPSA) is 621 Å². The molecule has 7 rings (SSSR count). The van der Waals surface area contributed by atoms with Crippen molar-refractivity contribution >= 4 is 17.7 Å². The first-order valence-corrected chi connectivity index (χ1v) is 47.0. The van der Waals surface area contributed by atoms with Crippen molar-refractivity contribution in [3.8, 4) is 0 Å². The zero-order valence-corrected chi connectivity index (χ0v) is 75.1. The summed E-state index contributed by atoms with van der Waals surface area (Å²) < 4.78 is 84.2. The first-order chi connectivity index (χ1) is 61.5. The first-order valence-electron chi connectivity index (χ1n) is 47.0. The van der Waals surface area contributed by atoms with E-state index in [0.717, 1.165) is 78.1 Å². The number of nitrogens with one attached hydrogen (secondary N) is 3. The highest BCUT2D eigenvalue weighted by molar-refractivity contribution is 5.76. The Morgan fingerprint density at radius 3 is 1.11 bits per heavy atom. The van der Waals surface area contributed by atoms with Crippen molar-refractivity contribution in [1.82, 2.24) is 16.0 Å². The average Bonchev–Trinajstić information content (AvgIpc) is 0.834. The third-order valence-electron chi connectivity index (χ3n) is 25.0. The number of rotatable bonds is 59. The largest absolute Gasteiger partial charge is 0.394 e. The Morgan fingerprint density at radius 1 is 0.320 bits per heavy atom. The van der Waals surface area contributed by atoms with Gasteiger partial charge in [0, 0.05) is 20.3 Å². The third kappa shape index (κ3) is 33.8. The van der Waals surface area contributed by atoms with E-state index in [9.17, 15) is 117 Å². The van der Waals surface area contributed by atoms with Crippen LogP contribution in [-0.2, 0) is 80.7 Å². The Labute approximate surface area is 751 Å². The van der Waals surface area contributed by atoms with Crippen LogP contribution in [0, 0.1) is 0 Å². The zero-order valence-electron chi connectivity index (χ0n) is 75.1. The summed E-state index contributed by atoms with van der Waals surface area (Å²) in [6.45, 7) is 0.982. The summed E-state index contributed by atoms with van der Waals surface area (Å²) in [4.78, 5) is 40.1. The van der Waals surface area contributed by atoms with Gasteiger partial charge in [-0.3, -0.25) is 14.4 Å². The molecule has 128 heavy (non-hydrogen) atoms. The Bertz CT molecular complexity index is 3070. The molecule has 40 nitrogen and oxygen atoms in total. The highest BCUT2D eigenvalue weighted by Crippen LogP contribution is 2.40. The molecule has 40 heteroatoms. The van der Waals surface area contributed by atoms with E-state index in [0.29, 0.717) is 12.8 Å². The van der Waals surface area contributed by atoms with Gasteiger partial charge in [0.2, 0.25) is 17.7 Å². The fraction of sp³-hybridized carbons (Fsp3) is 0.920. The number of hydrogen-bond acceptors (Lipinski definition) is 37. The lowest BCUT2D eigenvalue weighted by molar-refractivity contribution is -0.392. The number of hydrogen-bond donors (Lipinski definition) is 23. The second-order valence-corrected chi connectivity index (χ2v) is 35.2. The van der Waals surface area contributed by atoms with Gasteiger partial charge in [0.05, 0.1) is 64.5 Å². The van der Waals surface area contributed by atoms with E-state index in [4.69, 9.17) is 66.3 Å². The molecule has 0 spiro atoms. The van der Waals surface area contributed by atoms with Crippen molar-refractivity contribution in [2.75, 3.05) is 46.2 Å². The number of aliphatic hydroxyl groups excluding tert-OH is 20. The van der Waals surface area contributed by atoms with Crippen molar-refractivity contribution in [1.29, 1.82) is 0 Å². The maximum atomic E-state index is 13.6. The van der Waals surface area contributed by atoms with Gasteiger partial charge in [-0.1, -0.05) is 192 Å². The van der Waals surface area contributed by atoms with Crippen molar-refractivity contribution in [3.63, 3.8) is 0 Å². The van der Waals surface area contributed by atoms with E-state index in [-0.39, 0.29) is 12.3 Å². The van der Waals surface area contributed by atoms with Gasteiger partial charge in [-0.05, 0) is 51.9 Å². The average molecular weight is 1850 g/mol. The Kier molecular flexibility index (Phi) is 51.9. The minimum absolute atomic E-state index is 0.164. The Balaban J connectivity index is 0.989. The van der Waals surface area contributed by atoms with E-state index >= 15 is 0 Å².